The summed E-state index contributed by atoms with van der Waals surface area (Å²) in [6, 6.07) is 7.49. The smallest absolute Gasteiger partial charge is 0.340 e. The Labute approximate surface area is 193 Å². The molecule has 0 fully saturated rings. The quantitative estimate of drug-likeness (QED) is 0.276. The van der Waals surface area contributed by atoms with Crippen LogP contribution in [0.25, 0.3) is 10.9 Å². The molecule has 0 amide bonds. The predicted molar refractivity (Wildman–Crippen MR) is 122 cm³/mol. The molecule has 32 heavy (non-hydrogen) atoms. The fraction of sp³-hybridized carbons (Fsp3) is 0.318. The van der Waals surface area contributed by atoms with Crippen LogP contribution in [0.2, 0.25) is 0 Å². The number of ether oxygens (including phenoxy) is 2. The summed E-state index contributed by atoms with van der Waals surface area (Å²) in [7, 11) is 5.73. The molecule has 3 rings (SSSR count). The maximum absolute atomic E-state index is 13.0. The second kappa shape index (κ2) is 9.58. The number of hydrogen-bond acceptors (Lipinski definition) is 6. The zero-order valence-electron chi connectivity index (χ0n) is 18.3. The van der Waals surface area contributed by atoms with E-state index in [9.17, 15) is 20.0 Å². The molecule has 0 aliphatic rings. The van der Waals surface area contributed by atoms with Crippen LogP contribution < -0.4 is 9.64 Å². The lowest BCUT2D eigenvalue weighted by Gasteiger charge is -2.13. The van der Waals surface area contributed by atoms with E-state index >= 15 is 0 Å². The molecule has 2 N–H and O–H groups in total. The molecule has 3 aromatic rings. The Hall–Kier alpha value is -3.11. The van der Waals surface area contributed by atoms with Crippen molar-refractivity contribution in [1.29, 1.82) is 0 Å². The van der Waals surface area contributed by atoms with Gasteiger partial charge in [0.2, 0.25) is 0 Å². The lowest BCUT2D eigenvalue weighted by molar-refractivity contribution is -0.872. The first kappa shape index (κ1) is 23.6. The van der Waals surface area contributed by atoms with Gasteiger partial charge >= 0.3 is 5.97 Å². The molecule has 0 unspecified atom stereocenters. The molecule has 170 valence electrons. The number of non-ortho nitro benzene ring substituents is 1. The first-order valence-electron chi connectivity index (χ1n) is 10.0. The van der Waals surface area contributed by atoms with Crippen molar-refractivity contribution in [1.82, 2.24) is 4.57 Å². The number of nitrogens with one attached hydrogen (secondary N) is 1. The summed E-state index contributed by atoms with van der Waals surface area (Å²) < 4.78 is 13.6. The van der Waals surface area contributed by atoms with Gasteiger partial charge in [0.25, 0.3) is 5.69 Å². The lowest BCUT2D eigenvalue weighted by atomic mass is 10.0. The number of carbonyl (C=O) groups excluding carboxylic acids is 1. The number of benzene rings is 2. The number of aromatic hydroxyl groups is 1. The van der Waals surface area contributed by atoms with Crippen LogP contribution in [0.15, 0.2) is 34.8 Å². The second-order valence-corrected chi connectivity index (χ2v) is 8.46. The van der Waals surface area contributed by atoms with E-state index in [2.05, 4.69) is 15.9 Å². The number of rotatable bonds is 8. The third-order valence-corrected chi connectivity index (χ3v) is 5.68. The number of fused-ring (bicyclic) bond motifs is 1. The molecule has 0 atom stereocenters. The fourth-order valence-corrected chi connectivity index (χ4v) is 4.07. The first-order valence-corrected chi connectivity index (χ1v) is 10.8. The molecule has 0 saturated carbocycles. The monoisotopic (exact) mass is 506 g/mol. The standard InChI is InChI=1S/C22H24BrN3O6/c1-5-31-22(28)20-18(12-32-14-8-6-13(7-9-14)26(29)30)25(4)17-10-16(23)21(27)15(19(17)20)11-24(2)3/h6-10,27H,5,11-12H2,1-4H3/p+1. The third kappa shape index (κ3) is 4.56. The minimum atomic E-state index is -0.503. The molecule has 0 saturated heterocycles. The van der Waals surface area contributed by atoms with Gasteiger partial charge < -0.3 is 24.0 Å². The summed E-state index contributed by atoms with van der Waals surface area (Å²) >= 11 is 3.41. The molecule has 2 aromatic carbocycles. The summed E-state index contributed by atoms with van der Waals surface area (Å²) in [5, 5.41) is 22.2. The Morgan fingerprint density at radius 2 is 1.94 bits per heavy atom. The number of quaternary nitrogens is 1. The molecular weight excluding hydrogens is 482 g/mol. The SMILES string of the molecule is CCOC(=O)c1c(COc2ccc([N+](=O)[O-])cc2)n(C)c2cc(Br)c(O)c(C[NH+](C)C)c12. The minimum Gasteiger partial charge on any atom is -0.506 e. The van der Waals surface area contributed by atoms with E-state index in [1.807, 2.05) is 25.7 Å². The number of nitro benzene ring substituents is 1. The number of nitrogens with zero attached hydrogens (tertiary/aromatic N) is 2. The highest BCUT2D eigenvalue weighted by Crippen LogP contribution is 2.39. The van der Waals surface area contributed by atoms with Gasteiger partial charge in [-0.05, 0) is 41.1 Å². The number of phenols is 1. The summed E-state index contributed by atoms with van der Waals surface area (Å²) in [4.78, 5) is 24.4. The second-order valence-electron chi connectivity index (χ2n) is 7.60. The van der Waals surface area contributed by atoms with Crippen molar-refractivity contribution >= 4 is 38.5 Å². The summed E-state index contributed by atoms with van der Waals surface area (Å²) in [6.45, 7) is 2.45. The van der Waals surface area contributed by atoms with Crippen molar-refractivity contribution in [2.75, 3.05) is 20.7 Å². The summed E-state index contributed by atoms with van der Waals surface area (Å²) in [5.41, 5.74) is 2.26. The number of halogens is 1. The van der Waals surface area contributed by atoms with Crippen LogP contribution in [0, 0.1) is 10.1 Å². The van der Waals surface area contributed by atoms with Crippen molar-refractivity contribution in [3.8, 4) is 11.5 Å². The van der Waals surface area contributed by atoms with E-state index in [1.54, 1.807) is 13.0 Å². The molecule has 0 bridgehead atoms. The van der Waals surface area contributed by atoms with E-state index in [1.165, 1.54) is 24.3 Å². The normalized spacial score (nSPS) is 11.2. The number of aryl methyl sites for hydroxylation is 1. The van der Waals surface area contributed by atoms with Crippen LogP contribution in [0.3, 0.4) is 0 Å². The van der Waals surface area contributed by atoms with Crippen molar-refractivity contribution in [3.63, 3.8) is 0 Å². The van der Waals surface area contributed by atoms with E-state index in [4.69, 9.17) is 9.47 Å². The van der Waals surface area contributed by atoms with Gasteiger partial charge in [0.15, 0.2) is 0 Å². The Bertz CT molecular complexity index is 1170. The van der Waals surface area contributed by atoms with Crippen LogP contribution in [-0.2, 0) is 24.9 Å². The number of carbonyl (C=O) groups is 1. The maximum atomic E-state index is 13.0. The molecule has 9 nitrogen and oxygen atoms in total. The van der Waals surface area contributed by atoms with E-state index in [0.717, 1.165) is 10.4 Å². The van der Waals surface area contributed by atoms with Gasteiger partial charge in [-0.1, -0.05) is 0 Å². The Morgan fingerprint density at radius 1 is 1.28 bits per heavy atom. The number of esters is 1. The van der Waals surface area contributed by atoms with Gasteiger partial charge in [-0.15, -0.1) is 0 Å². The molecule has 0 aliphatic carbocycles. The Kier molecular flexibility index (Phi) is 7.05. The summed E-state index contributed by atoms with van der Waals surface area (Å²) in [6.07, 6.45) is 0. The molecule has 1 heterocycles. The van der Waals surface area contributed by atoms with Crippen LogP contribution in [0.4, 0.5) is 5.69 Å². The van der Waals surface area contributed by atoms with Gasteiger partial charge in [-0.3, -0.25) is 10.1 Å². The predicted octanol–water partition coefficient (Wildman–Crippen LogP) is 2.95. The van der Waals surface area contributed by atoms with Crippen molar-refractivity contribution in [3.05, 3.63) is 61.7 Å². The molecule has 0 spiro atoms. The zero-order chi connectivity index (χ0) is 23.6. The van der Waals surface area contributed by atoms with Crippen LogP contribution >= 0.6 is 15.9 Å². The molecular formula is C22H25BrN3O6+. The molecule has 10 heteroatoms. The van der Waals surface area contributed by atoms with Gasteiger partial charge in [0, 0.05) is 24.6 Å². The average molecular weight is 507 g/mol. The van der Waals surface area contributed by atoms with Crippen molar-refractivity contribution in [2.45, 2.75) is 20.1 Å². The van der Waals surface area contributed by atoms with Gasteiger partial charge in [-0.25, -0.2) is 4.79 Å². The highest BCUT2D eigenvalue weighted by Gasteiger charge is 2.28. The lowest BCUT2D eigenvalue weighted by Crippen LogP contribution is -3.04. The number of phenolic OH excluding ortho intramolecular Hbond substituents is 1. The van der Waals surface area contributed by atoms with Crippen molar-refractivity contribution < 1.29 is 29.2 Å². The Balaban J connectivity index is 2.14. The number of aromatic nitrogens is 1. The van der Waals surface area contributed by atoms with Crippen LogP contribution in [0.1, 0.15) is 28.5 Å². The highest BCUT2D eigenvalue weighted by atomic mass is 79.9. The maximum Gasteiger partial charge on any atom is 0.340 e. The molecule has 0 aliphatic heterocycles. The zero-order valence-corrected chi connectivity index (χ0v) is 19.9. The highest BCUT2D eigenvalue weighted by molar-refractivity contribution is 9.10. The molecule has 1 aromatic heterocycles. The number of hydrogen-bond donors (Lipinski definition) is 2. The van der Waals surface area contributed by atoms with Gasteiger partial charge in [0.1, 0.15) is 24.7 Å². The van der Waals surface area contributed by atoms with Crippen LogP contribution in [-0.4, -0.2) is 41.3 Å². The first-order chi connectivity index (χ1) is 15.1. The number of nitro groups is 1. The summed E-state index contributed by atoms with van der Waals surface area (Å²) in [5.74, 6) is 0.00691. The van der Waals surface area contributed by atoms with Gasteiger partial charge in [0.05, 0.1) is 52.4 Å². The Morgan fingerprint density at radius 3 is 2.50 bits per heavy atom. The minimum absolute atomic E-state index is 0.0315. The van der Waals surface area contributed by atoms with Crippen LogP contribution in [0.5, 0.6) is 11.5 Å². The fourth-order valence-electron chi connectivity index (χ4n) is 3.61. The topological polar surface area (TPSA) is 108 Å². The van der Waals surface area contributed by atoms with Crippen molar-refractivity contribution in [2.24, 2.45) is 7.05 Å². The third-order valence-electron chi connectivity index (χ3n) is 5.07. The molecule has 0 radical (unpaired) electrons. The largest absolute Gasteiger partial charge is 0.506 e. The van der Waals surface area contributed by atoms with E-state index < -0.39 is 10.9 Å². The van der Waals surface area contributed by atoms with E-state index in [0.29, 0.717) is 39.0 Å². The van der Waals surface area contributed by atoms with E-state index in [-0.39, 0.29) is 24.7 Å². The van der Waals surface area contributed by atoms with Gasteiger partial charge in [-0.2, -0.15) is 0 Å². The average Bonchev–Trinajstić information content (AvgIpc) is 3.01.